The van der Waals surface area contributed by atoms with E-state index in [-0.39, 0.29) is 6.10 Å². The molecule has 1 aromatic heterocycles. The summed E-state index contributed by atoms with van der Waals surface area (Å²) in [5.41, 5.74) is 1.43. The third kappa shape index (κ3) is 3.54. The minimum Gasteiger partial charge on any atom is -0.392 e. The zero-order chi connectivity index (χ0) is 13.0. The third-order valence-corrected chi connectivity index (χ3v) is 4.62. The number of rotatable bonds is 5. The predicted molar refractivity (Wildman–Crippen MR) is 77.0 cm³/mol. The Morgan fingerprint density at radius 1 is 1.33 bits per heavy atom. The molecule has 2 heterocycles. The molecule has 0 spiro atoms. The van der Waals surface area contributed by atoms with Gasteiger partial charge in [-0.05, 0) is 35.7 Å². The lowest BCUT2D eigenvalue weighted by Gasteiger charge is -2.38. The maximum atomic E-state index is 9.68. The van der Waals surface area contributed by atoms with Crippen molar-refractivity contribution in [1.82, 2.24) is 9.80 Å². The molecule has 0 amide bonds. The van der Waals surface area contributed by atoms with Gasteiger partial charge in [-0.1, -0.05) is 6.92 Å². The fourth-order valence-corrected chi connectivity index (χ4v) is 3.23. The number of hydrogen-bond acceptors (Lipinski definition) is 4. The van der Waals surface area contributed by atoms with Crippen molar-refractivity contribution in [2.75, 3.05) is 32.7 Å². The first-order chi connectivity index (χ1) is 8.70. The van der Waals surface area contributed by atoms with Crippen LogP contribution in [0, 0.1) is 0 Å². The normalized spacial score (nSPS) is 21.9. The van der Waals surface area contributed by atoms with Gasteiger partial charge in [0.2, 0.25) is 0 Å². The molecule has 1 N–H and O–H groups in total. The van der Waals surface area contributed by atoms with Crippen LogP contribution in [-0.2, 0) is 0 Å². The Morgan fingerprint density at radius 2 is 2.06 bits per heavy atom. The molecule has 0 radical (unpaired) electrons. The molecule has 18 heavy (non-hydrogen) atoms. The van der Waals surface area contributed by atoms with Crippen molar-refractivity contribution in [3.05, 3.63) is 22.4 Å². The van der Waals surface area contributed by atoms with Crippen LogP contribution in [-0.4, -0.2) is 53.7 Å². The van der Waals surface area contributed by atoms with Crippen molar-refractivity contribution in [3.8, 4) is 0 Å². The van der Waals surface area contributed by atoms with E-state index in [1.807, 2.05) is 6.92 Å². The van der Waals surface area contributed by atoms with Crippen LogP contribution in [0.1, 0.15) is 31.9 Å². The smallest absolute Gasteiger partial charge is 0.0664 e. The molecule has 0 unspecified atom stereocenters. The van der Waals surface area contributed by atoms with Crippen molar-refractivity contribution >= 4 is 11.3 Å². The van der Waals surface area contributed by atoms with Crippen molar-refractivity contribution in [2.45, 2.75) is 32.4 Å². The number of aliphatic hydroxyl groups is 1. The summed E-state index contributed by atoms with van der Waals surface area (Å²) in [6, 6.07) is 2.75. The quantitative estimate of drug-likeness (QED) is 0.887. The summed E-state index contributed by atoms with van der Waals surface area (Å²) in [6.45, 7) is 9.52. The Kier molecular flexibility index (Phi) is 5.18. The van der Waals surface area contributed by atoms with E-state index in [2.05, 4.69) is 33.6 Å². The molecule has 3 nitrogen and oxygen atoms in total. The second kappa shape index (κ2) is 6.66. The summed E-state index contributed by atoms with van der Waals surface area (Å²) in [6.07, 6.45) is 0.691. The Labute approximate surface area is 114 Å². The monoisotopic (exact) mass is 268 g/mol. The van der Waals surface area contributed by atoms with E-state index in [0.29, 0.717) is 6.04 Å². The number of nitrogens with zero attached hydrogens (tertiary/aromatic N) is 2. The van der Waals surface area contributed by atoms with Gasteiger partial charge in [0, 0.05) is 38.8 Å². The van der Waals surface area contributed by atoms with Gasteiger partial charge >= 0.3 is 0 Å². The molecule has 0 aromatic carbocycles. The van der Waals surface area contributed by atoms with Gasteiger partial charge in [-0.2, -0.15) is 11.3 Å². The summed E-state index contributed by atoms with van der Waals surface area (Å²) in [5, 5.41) is 14.1. The van der Waals surface area contributed by atoms with Crippen molar-refractivity contribution in [1.29, 1.82) is 0 Å². The van der Waals surface area contributed by atoms with Gasteiger partial charge in [0.05, 0.1) is 6.10 Å². The molecule has 2 atom stereocenters. The molecule has 2 rings (SSSR count). The van der Waals surface area contributed by atoms with Crippen LogP contribution in [0.2, 0.25) is 0 Å². The molecular weight excluding hydrogens is 244 g/mol. The second-order valence-electron chi connectivity index (χ2n) is 5.13. The van der Waals surface area contributed by atoms with Crippen LogP contribution < -0.4 is 0 Å². The van der Waals surface area contributed by atoms with E-state index < -0.39 is 0 Å². The lowest BCUT2D eigenvalue weighted by molar-refractivity contribution is 0.0580. The maximum Gasteiger partial charge on any atom is 0.0664 e. The highest BCUT2D eigenvalue weighted by Gasteiger charge is 2.22. The van der Waals surface area contributed by atoms with Crippen LogP contribution in [0.3, 0.4) is 0 Å². The average molecular weight is 268 g/mol. The fraction of sp³-hybridized carbons (Fsp3) is 0.714. The Hall–Kier alpha value is -0.420. The summed E-state index contributed by atoms with van der Waals surface area (Å²) >= 11 is 1.77. The van der Waals surface area contributed by atoms with Gasteiger partial charge in [-0.15, -0.1) is 0 Å². The molecule has 0 aliphatic carbocycles. The predicted octanol–water partition coefficient (Wildman–Crippen LogP) is 2.20. The highest BCUT2D eigenvalue weighted by Crippen LogP contribution is 2.23. The van der Waals surface area contributed by atoms with Crippen molar-refractivity contribution in [2.24, 2.45) is 0 Å². The van der Waals surface area contributed by atoms with E-state index in [9.17, 15) is 5.11 Å². The van der Waals surface area contributed by atoms with Gasteiger partial charge in [0.25, 0.3) is 0 Å². The molecule has 4 heteroatoms. The van der Waals surface area contributed by atoms with E-state index in [1.54, 1.807) is 11.3 Å². The lowest BCUT2D eigenvalue weighted by Crippen LogP contribution is -2.49. The molecule has 1 aromatic rings. The first kappa shape index (κ1) is 14.0. The number of thiophene rings is 1. The Morgan fingerprint density at radius 3 is 2.61 bits per heavy atom. The zero-order valence-electron chi connectivity index (χ0n) is 11.4. The Bertz CT molecular complexity index is 334. The number of aliphatic hydroxyl groups excluding tert-OH is 1. The maximum absolute atomic E-state index is 9.68. The number of piperazine rings is 1. The molecule has 1 aliphatic heterocycles. The van der Waals surface area contributed by atoms with E-state index in [4.69, 9.17) is 0 Å². The first-order valence-electron chi connectivity index (χ1n) is 6.87. The zero-order valence-corrected chi connectivity index (χ0v) is 12.2. The molecule has 0 saturated carbocycles. The van der Waals surface area contributed by atoms with Gasteiger partial charge in [0.1, 0.15) is 0 Å². The highest BCUT2D eigenvalue weighted by atomic mass is 32.1. The van der Waals surface area contributed by atoms with Gasteiger partial charge in [-0.25, -0.2) is 0 Å². The summed E-state index contributed by atoms with van der Waals surface area (Å²) in [4.78, 5) is 4.92. The molecular formula is C14H24N2OS. The van der Waals surface area contributed by atoms with Crippen molar-refractivity contribution in [3.63, 3.8) is 0 Å². The molecule has 102 valence electrons. The van der Waals surface area contributed by atoms with Crippen LogP contribution in [0.25, 0.3) is 0 Å². The largest absolute Gasteiger partial charge is 0.392 e. The van der Waals surface area contributed by atoms with Crippen LogP contribution >= 0.6 is 11.3 Å². The van der Waals surface area contributed by atoms with E-state index in [0.717, 1.165) is 39.1 Å². The highest BCUT2D eigenvalue weighted by molar-refractivity contribution is 7.07. The van der Waals surface area contributed by atoms with Crippen LogP contribution in [0.5, 0.6) is 0 Å². The SMILES string of the molecule is CC[C@@H](O)CN1CCN([C@@H](C)c2ccsc2)CC1. The summed E-state index contributed by atoms with van der Waals surface area (Å²) < 4.78 is 0. The van der Waals surface area contributed by atoms with Crippen LogP contribution in [0.4, 0.5) is 0 Å². The van der Waals surface area contributed by atoms with Crippen molar-refractivity contribution < 1.29 is 5.11 Å². The fourth-order valence-electron chi connectivity index (χ4n) is 2.48. The van der Waals surface area contributed by atoms with Gasteiger partial charge < -0.3 is 5.11 Å². The van der Waals surface area contributed by atoms with E-state index >= 15 is 0 Å². The standard InChI is InChI=1S/C14H24N2OS/c1-3-14(17)10-15-5-7-16(8-6-15)12(2)13-4-9-18-11-13/h4,9,11-12,14,17H,3,5-8,10H2,1-2H3/t12-,14+/m0/s1. The first-order valence-corrected chi connectivity index (χ1v) is 7.81. The van der Waals surface area contributed by atoms with Gasteiger partial charge in [-0.3, -0.25) is 9.80 Å². The summed E-state index contributed by atoms with van der Waals surface area (Å²) in [5.74, 6) is 0. The number of hydrogen-bond donors (Lipinski definition) is 1. The van der Waals surface area contributed by atoms with E-state index in [1.165, 1.54) is 5.56 Å². The molecule has 0 bridgehead atoms. The Balaban J connectivity index is 1.79. The summed E-state index contributed by atoms with van der Waals surface area (Å²) in [7, 11) is 0. The molecule has 1 saturated heterocycles. The lowest BCUT2D eigenvalue weighted by atomic mass is 10.1. The molecule has 1 fully saturated rings. The topological polar surface area (TPSA) is 26.7 Å². The van der Waals surface area contributed by atoms with Gasteiger partial charge in [0.15, 0.2) is 0 Å². The molecule has 1 aliphatic rings. The minimum atomic E-state index is -0.161. The second-order valence-corrected chi connectivity index (χ2v) is 5.91. The van der Waals surface area contributed by atoms with Crippen LogP contribution in [0.15, 0.2) is 16.8 Å². The minimum absolute atomic E-state index is 0.161. The number of β-amino-alcohol motifs (C(OH)–C–C–N with tert-alkyl or cyclic N) is 1. The average Bonchev–Trinajstić information content (AvgIpc) is 2.92. The third-order valence-electron chi connectivity index (χ3n) is 3.92.